The number of ether oxygens (including phenoxy) is 2. The lowest BCUT2D eigenvalue weighted by molar-refractivity contribution is 0.114. The van der Waals surface area contributed by atoms with Gasteiger partial charge in [-0.15, -0.1) is 0 Å². The SMILES string of the molecule is CCCCCOCc1ccccc1OCCCCC. The molecule has 108 valence electrons. The molecule has 0 saturated carbocycles. The van der Waals surface area contributed by atoms with Crippen LogP contribution in [0.25, 0.3) is 0 Å². The molecule has 0 aliphatic heterocycles. The highest BCUT2D eigenvalue weighted by atomic mass is 16.5. The van der Waals surface area contributed by atoms with Crippen molar-refractivity contribution >= 4 is 0 Å². The monoisotopic (exact) mass is 264 g/mol. The van der Waals surface area contributed by atoms with E-state index in [0.29, 0.717) is 6.61 Å². The number of para-hydroxylation sites is 1. The summed E-state index contributed by atoms with van der Waals surface area (Å²) in [6, 6.07) is 8.20. The maximum absolute atomic E-state index is 5.84. The van der Waals surface area contributed by atoms with Gasteiger partial charge in [-0.05, 0) is 18.9 Å². The molecule has 0 fully saturated rings. The van der Waals surface area contributed by atoms with Crippen LogP contribution in [0.1, 0.15) is 57.9 Å². The average Bonchev–Trinajstić information content (AvgIpc) is 2.45. The molecule has 0 aliphatic carbocycles. The maximum atomic E-state index is 5.84. The summed E-state index contributed by atoms with van der Waals surface area (Å²) >= 11 is 0. The molecule has 1 aromatic carbocycles. The van der Waals surface area contributed by atoms with Crippen molar-refractivity contribution in [2.75, 3.05) is 13.2 Å². The molecule has 19 heavy (non-hydrogen) atoms. The van der Waals surface area contributed by atoms with Gasteiger partial charge in [0, 0.05) is 12.2 Å². The van der Waals surface area contributed by atoms with E-state index in [1.165, 1.54) is 25.7 Å². The molecule has 0 aromatic heterocycles. The summed E-state index contributed by atoms with van der Waals surface area (Å²) in [6.45, 7) is 6.73. The van der Waals surface area contributed by atoms with Crippen LogP contribution < -0.4 is 4.74 Å². The first kappa shape index (κ1) is 16.0. The highest BCUT2D eigenvalue weighted by molar-refractivity contribution is 5.32. The van der Waals surface area contributed by atoms with Crippen molar-refractivity contribution in [2.24, 2.45) is 0 Å². The van der Waals surface area contributed by atoms with E-state index in [-0.39, 0.29) is 0 Å². The molecule has 0 amide bonds. The molecule has 1 aromatic rings. The number of unbranched alkanes of at least 4 members (excludes halogenated alkanes) is 4. The number of rotatable bonds is 11. The standard InChI is InChI=1S/C17H28O2/c1-3-5-9-13-18-15-16-11-7-8-12-17(16)19-14-10-6-4-2/h7-8,11-12H,3-6,9-10,13-15H2,1-2H3. The Balaban J connectivity index is 2.31. The van der Waals surface area contributed by atoms with Gasteiger partial charge >= 0.3 is 0 Å². The lowest BCUT2D eigenvalue weighted by Gasteiger charge is -2.11. The van der Waals surface area contributed by atoms with Gasteiger partial charge in [0.15, 0.2) is 0 Å². The van der Waals surface area contributed by atoms with Gasteiger partial charge in [0.2, 0.25) is 0 Å². The second kappa shape index (κ2) is 10.9. The molecule has 2 nitrogen and oxygen atoms in total. The van der Waals surface area contributed by atoms with Gasteiger partial charge in [-0.3, -0.25) is 0 Å². The first-order chi connectivity index (χ1) is 9.38. The van der Waals surface area contributed by atoms with E-state index in [2.05, 4.69) is 19.9 Å². The topological polar surface area (TPSA) is 18.5 Å². The minimum atomic E-state index is 0.660. The Hall–Kier alpha value is -1.02. The van der Waals surface area contributed by atoms with Crippen LogP contribution in [0.2, 0.25) is 0 Å². The smallest absolute Gasteiger partial charge is 0.124 e. The second-order valence-electron chi connectivity index (χ2n) is 4.92. The zero-order chi connectivity index (χ0) is 13.8. The normalized spacial score (nSPS) is 10.6. The Morgan fingerprint density at radius 2 is 1.53 bits per heavy atom. The van der Waals surface area contributed by atoms with Gasteiger partial charge in [0.25, 0.3) is 0 Å². The van der Waals surface area contributed by atoms with Crippen molar-refractivity contribution in [1.82, 2.24) is 0 Å². The fraction of sp³-hybridized carbons (Fsp3) is 0.647. The first-order valence-corrected chi connectivity index (χ1v) is 7.67. The van der Waals surface area contributed by atoms with Gasteiger partial charge in [0.1, 0.15) is 5.75 Å². The van der Waals surface area contributed by atoms with Gasteiger partial charge in [-0.25, -0.2) is 0 Å². The highest BCUT2D eigenvalue weighted by Crippen LogP contribution is 2.19. The lowest BCUT2D eigenvalue weighted by atomic mass is 10.2. The van der Waals surface area contributed by atoms with E-state index in [0.717, 1.165) is 37.4 Å². The van der Waals surface area contributed by atoms with E-state index in [4.69, 9.17) is 9.47 Å². The number of hydrogen-bond donors (Lipinski definition) is 0. The van der Waals surface area contributed by atoms with Crippen LogP contribution in [0.15, 0.2) is 24.3 Å². The molecule has 0 aliphatic rings. The highest BCUT2D eigenvalue weighted by Gasteiger charge is 2.02. The summed E-state index contributed by atoms with van der Waals surface area (Å²) in [5.74, 6) is 0.981. The summed E-state index contributed by atoms with van der Waals surface area (Å²) in [6.07, 6.45) is 7.22. The predicted octanol–water partition coefficient (Wildman–Crippen LogP) is 4.96. The minimum Gasteiger partial charge on any atom is -0.493 e. The molecule has 0 saturated heterocycles. The third-order valence-electron chi connectivity index (χ3n) is 3.13. The molecule has 0 spiro atoms. The van der Waals surface area contributed by atoms with Crippen LogP contribution in [0.3, 0.4) is 0 Å². The van der Waals surface area contributed by atoms with E-state index in [9.17, 15) is 0 Å². The molecule has 0 bridgehead atoms. The van der Waals surface area contributed by atoms with Crippen molar-refractivity contribution in [2.45, 2.75) is 59.0 Å². The lowest BCUT2D eigenvalue weighted by Crippen LogP contribution is -2.02. The molecule has 1 rings (SSSR count). The van der Waals surface area contributed by atoms with Gasteiger partial charge in [0.05, 0.1) is 13.2 Å². The van der Waals surface area contributed by atoms with Crippen LogP contribution in [-0.2, 0) is 11.3 Å². The Bertz CT molecular complexity index is 323. The van der Waals surface area contributed by atoms with E-state index in [1.807, 2.05) is 18.2 Å². The molecule has 0 N–H and O–H groups in total. The minimum absolute atomic E-state index is 0.660. The van der Waals surface area contributed by atoms with Gasteiger partial charge in [-0.1, -0.05) is 57.7 Å². The van der Waals surface area contributed by atoms with E-state index in [1.54, 1.807) is 0 Å². The number of hydrogen-bond acceptors (Lipinski definition) is 2. The molecule has 2 heteroatoms. The van der Waals surface area contributed by atoms with E-state index < -0.39 is 0 Å². The van der Waals surface area contributed by atoms with E-state index >= 15 is 0 Å². The molecule has 0 atom stereocenters. The summed E-state index contributed by atoms with van der Waals surface area (Å²) in [5.41, 5.74) is 1.16. The third-order valence-corrected chi connectivity index (χ3v) is 3.13. The Morgan fingerprint density at radius 3 is 2.26 bits per heavy atom. The Kier molecular flexibility index (Phi) is 9.17. The molecule has 0 radical (unpaired) electrons. The largest absolute Gasteiger partial charge is 0.493 e. The van der Waals surface area contributed by atoms with Crippen LogP contribution in [0, 0.1) is 0 Å². The third kappa shape index (κ3) is 7.22. The van der Waals surface area contributed by atoms with Crippen LogP contribution in [0.5, 0.6) is 5.75 Å². The zero-order valence-electron chi connectivity index (χ0n) is 12.5. The van der Waals surface area contributed by atoms with Crippen molar-refractivity contribution in [3.63, 3.8) is 0 Å². The van der Waals surface area contributed by atoms with Crippen molar-refractivity contribution in [3.05, 3.63) is 29.8 Å². The summed E-state index contributed by atoms with van der Waals surface area (Å²) in [7, 11) is 0. The van der Waals surface area contributed by atoms with Crippen LogP contribution >= 0.6 is 0 Å². The zero-order valence-corrected chi connectivity index (χ0v) is 12.5. The molecular weight excluding hydrogens is 236 g/mol. The fourth-order valence-corrected chi connectivity index (χ4v) is 1.93. The Morgan fingerprint density at radius 1 is 0.842 bits per heavy atom. The van der Waals surface area contributed by atoms with Crippen LogP contribution in [-0.4, -0.2) is 13.2 Å². The average molecular weight is 264 g/mol. The van der Waals surface area contributed by atoms with Crippen molar-refractivity contribution in [3.8, 4) is 5.75 Å². The van der Waals surface area contributed by atoms with Crippen molar-refractivity contribution < 1.29 is 9.47 Å². The van der Waals surface area contributed by atoms with Gasteiger partial charge < -0.3 is 9.47 Å². The quantitative estimate of drug-likeness (QED) is 0.526. The summed E-state index contributed by atoms with van der Waals surface area (Å²) < 4.78 is 11.5. The molecule has 0 unspecified atom stereocenters. The van der Waals surface area contributed by atoms with Gasteiger partial charge in [-0.2, -0.15) is 0 Å². The predicted molar refractivity (Wildman–Crippen MR) is 80.6 cm³/mol. The molecule has 0 heterocycles. The number of benzene rings is 1. The summed E-state index contributed by atoms with van der Waals surface area (Å²) in [4.78, 5) is 0. The van der Waals surface area contributed by atoms with Crippen LogP contribution in [0.4, 0.5) is 0 Å². The summed E-state index contributed by atoms with van der Waals surface area (Å²) in [5, 5.41) is 0. The Labute approximate surface area is 118 Å². The van der Waals surface area contributed by atoms with Crippen molar-refractivity contribution in [1.29, 1.82) is 0 Å². The fourth-order valence-electron chi connectivity index (χ4n) is 1.93. The first-order valence-electron chi connectivity index (χ1n) is 7.67. The second-order valence-corrected chi connectivity index (χ2v) is 4.92. The maximum Gasteiger partial charge on any atom is 0.124 e. The molecular formula is C17H28O2.